The van der Waals surface area contributed by atoms with Gasteiger partial charge in [-0.2, -0.15) is 10.2 Å². The molecule has 0 rings (SSSR count). The molecule has 0 heterocycles. The lowest BCUT2D eigenvalue weighted by molar-refractivity contribution is 0.633. The Balaban J connectivity index is 3.71. The highest BCUT2D eigenvalue weighted by atomic mass is 35.5. The second-order valence-electron chi connectivity index (χ2n) is 2.72. The average molecular weight is 149 g/mol. The summed E-state index contributed by atoms with van der Waals surface area (Å²) in [5.41, 5.74) is 0. The van der Waals surface area contributed by atoms with Crippen LogP contribution in [-0.4, -0.2) is 11.0 Å². The number of halogens is 1. The van der Waals surface area contributed by atoms with E-state index in [4.69, 9.17) is 11.6 Å². The first-order valence-corrected chi connectivity index (χ1v) is 3.40. The zero-order chi connectivity index (χ0) is 7.49. The van der Waals surface area contributed by atoms with Crippen LogP contribution in [0.4, 0.5) is 0 Å². The maximum atomic E-state index is 5.72. The molecule has 0 aliphatic carbocycles. The smallest absolute Gasteiger partial charge is 0.149 e. The molecule has 0 saturated heterocycles. The van der Waals surface area contributed by atoms with Crippen molar-refractivity contribution in [2.24, 2.45) is 10.2 Å². The van der Waals surface area contributed by atoms with Gasteiger partial charge in [-0.1, -0.05) is 11.6 Å². The second-order valence-corrected chi connectivity index (χ2v) is 3.64. The summed E-state index contributed by atoms with van der Waals surface area (Å²) in [5.74, 6) is 0. The quantitative estimate of drug-likeness (QED) is 0.327. The molecular weight excluding hydrogens is 136 g/mol. The van der Waals surface area contributed by atoms with E-state index in [1.807, 2.05) is 13.8 Å². The molecule has 9 heavy (non-hydrogen) atoms. The molecule has 0 aromatic rings. The van der Waals surface area contributed by atoms with E-state index >= 15 is 0 Å². The Hall–Kier alpha value is -0.110. The van der Waals surface area contributed by atoms with Crippen LogP contribution in [0.25, 0.3) is 0 Å². The molecule has 0 aliphatic heterocycles. The van der Waals surface area contributed by atoms with E-state index in [1.165, 1.54) is 0 Å². The maximum Gasteiger partial charge on any atom is 0.149 e. The van der Waals surface area contributed by atoms with Crippen molar-refractivity contribution in [3.8, 4) is 0 Å². The zero-order valence-electron chi connectivity index (χ0n) is 6.35. The number of nitrogens with zero attached hydrogens (tertiary/aromatic N) is 2. The SMILES string of the molecule is CC(C)N=NC(C)(C)Cl. The molecule has 0 atom stereocenters. The molecule has 54 valence electrons. The van der Waals surface area contributed by atoms with Crippen molar-refractivity contribution in [3.63, 3.8) is 0 Å². The highest BCUT2D eigenvalue weighted by Gasteiger charge is 2.09. The van der Waals surface area contributed by atoms with E-state index in [1.54, 1.807) is 13.8 Å². The van der Waals surface area contributed by atoms with Gasteiger partial charge in [0, 0.05) is 0 Å². The van der Waals surface area contributed by atoms with Crippen molar-refractivity contribution in [1.82, 2.24) is 0 Å². The second kappa shape index (κ2) is 3.16. The van der Waals surface area contributed by atoms with Crippen LogP contribution in [0.1, 0.15) is 27.7 Å². The monoisotopic (exact) mass is 148 g/mol. The summed E-state index contributed by atoms with van der Waals surface area (Å²) in [6, 6.07) is 0.239. The van der Waals surface area contributed by atoms with Gasteiger partial charge in [0.1, 0.15) is 5.00 Å². The van der Waals surface area contributed by atoms with Crippen LogP contribution in [0.15, 0.2) is 10.2 Å². The van der Waals surface area contributed by atoms with Gasteiger partial charge in [-0.05, 0) is 27.7 Å². The lowest BCUT2D eigenvalue weighted by Gasteiger charge is -2.06. The van der Waals surface area contributed by atoms with Crippen molar-refractivity contribution >= 4 is 11.6 Å². The van der Waals surface area contributed by atoms with Gasteiger partial charge in [0.05, 0.1) is 6.04 Å². The highest BCUT2D eigenvalue weighted by molar-refractivity contribution is 6.23. The number of hydrogen-bond acceptors (Lipinski definition) is 2. The van der Waals surface area contributed by atoms with Crippen LogP contribution in [0.3, 0.4) is 0 Å². The molecule has 0 aromatic heterocycles. The third-order valence-corrected chi connectivity index (χ3v) is 0.602. The minimum atomic E-state index is -0.537. The summed E-state index contributed by atoms with van der Waals surface area (Å²) in [5, 5.41) is 7.74. The molecule has 0 aromatic carbocycles. The molecule has 0 N–H and O–H groups in total. The number of alkyl halides is 1. The van der Waals surface area contributed by atoms with Crippen molar-refractivity contribution in [2.45, 2.75) is 38.7 Å². The third kappa shape index (κ3) is 7.89. The fourth-order valence-electron chi connectivity index (χ4n) is 0.253. The van der Waals surface area contributed by atoms with E-state index in [0.717, 1.165) is 0 Å². The lowest BCUT2D eigenvalue weighted by Crippen LogP contribution is -2.04. The van der Waals surface area contributed by atoms with E-state index in [9.17, 15) is 0 Å². The molecule has 0 saturated carbocycles. The van der Waals surface area contributed by atoms with Crippen LogP contribution in [0, 0.1) is 0 Å². The predicted octanol–water partition coefficient (Wildman–Crippen LogP) is 2.82. The van der Waals surface area contributed by atoms with E-state index < -0.39 is 5.00 Å². The Bertz CT molecular complexity index is 102. The van der Waals surface area contributed by atoms with Crippen molar-refractivity contribution in [2.75, 3.05) is 0 Å². The average Bonchev–Trinajstić information content (AvgIpc) is 1.59. The van der Waals surface area contributed by atoms with Crippen molar-refractivity contribution in [1.29, 1.82) is 0 Å². The molecule has 0 unspecified atom stereocenters. The van der Waals surface area contributed by atoms with Gasteiger partial charge in [0.25, 0.3) is 0 Å². The molecule has 0 spiro atoms. The molecule has 3 heteroatoms. The van der Waals surface area contributed by atoms with Gasteiger partial charge in [0.2, 0.25) is 0 Å². The van der Waals surface area contributed by atoms with Gasteiger partial charge < -0.3 is 0 Å². The van der Waals surface area contributed by atoms with Gasteiger partial charge in [-0.15, -0.1) is 0 Å². The number of azo groups is 1. The van der Waals surface area contributed by atoms with Crippen LogP contribution in [0.5, 0.6) is 0 Å². The fraction of sp³-hybridized carbons (Fsp3) is 1.00. The summed E-state index contributed by atoms with van der Waals surface area (Å²) >= 11 is 5.72. The normalized spacial score (nSPS) is 13.6. The van der Waals surface area contributed by atoms with Gasteiger partial charge in [-0.25, -0.2) is 0 Å². The Labute approximate surface area is 61.3 Å². The Kier molecular flexibility index (Phi) is 3.12. The minimum Gasteiger partial charge on any atom is -0.190 e. The molecular formula is C6H13ClN2. The summed E-state index contributed by atoms with van der Waals surface area (Å²) in [6.07, 6.45) is 0. The topological polar surface area (TPSA) is 24.7 Å². The number of rotatable bonds is 2. The predicted molar refractivity (Wildman–Crippen MR) is 39.9 cm³/mol. The largest absolute Gasteiger partial charge is 0.190 e. The highest BCUT2D eigenvalue weighted by Crippen LogP contribution is 2.14. The van der Waals surface area contributed by atoms with Gasteiger partial charge >= 0.3 is 0 Å². The van der Waals surface area contributed by atoms with E-state index in [2.05, 4.69) is 10.2 Å². The van der Waals surface area contributed by atoms with Crippen LogP contribution in [0.2, 0.25) is 0 Å². The zero-order valence-corrected chi connectivity index (χ0v) is 7.11. The maximum absolute atomic E-state index is 5.72. The first-order valence-electron chi connectivity index (χ1n) is 3.03. The van der Waals surface area contributed by atoms with Crippen LogP contribution < -0.4 is 0 Å². The molecule has 0 fully saturated rings. The third-order valence-electron chi connectivity index (χ3n) is 0.526. The molecule has 0 aliphatic rings. The summed E-state index contributed by atoms with van der Waals surface area (Å²) in [7, 11) is 0. The first-order chi connectivity index (χ1) is 3.92. The molecule has 2 nitrogen and oxygen atoms in total. The standard InChI is InChI=1S/C6H13ClN2/c1-5(2)8-9-6(3,4)7/h5H,1-4H3. The summed E-state index contributed by atoms with van der Waals surface area (Å²) in [6.45, 7) is 7.54. The van der Waals surface area contributed by atoms with E-state index in [-0.39, 0.29) is 6.04 Å². The summed E-state index contributed by atoms with van der Waals surface area (Å²) in [4.78, 5) is -0.537. The van der Waals surface area contributed by atoms with Gasteiger partial charge in [0.15, 0.2) is 0 Å². The number of hydrogen-bond donors (Lipinski definition) is 0. The Morgan fingerprint density at radius 2 is 1.78 bits per heavy atom. The van der Waals surface area contributed by atoms with Crippen LogP contribution >= 0.6 is 11.6 Å². The summed E-state index contributed by atoms with van der Waals surface area (Å²) < 4.78 is 0. The van der Waals surface area contributed by atoms with Crippen molar-refractivity contribution in [3.05, 3.63) is 0 Å². The molecule has 0 radical (unpaired) electrons. The molecule has 0 amide bonds. The Morgan fingerprint density at radius 1 is 1.33 bits per heavy atom. The molecule has 0 bridgehead atoms. The fourth-order valence-corrected chi connectivity index (χ4v) is 0.296. The van der Waals surface area contributed by atoms with Gasteiger partial charge in [-0.3, -0.25) is 0 Å². The van der Waals surface area contributed by atoms with E-state index in [0.29, 0.717) is 0 Å². The minimum absolute atomic E-state index is 0.239. The lowest BCUT2D eigenvalue weighted by atomic mass is 10.4. The van der Waals surface area contributed by atoms with Crippen LogP contribution in [-0.2, 0) is 0 Å². The Morgan fingerprint density at radius 3 is 1.89 bits per heavy atom. The first kappa shape index (κ1) is 8.89. The van der Waals surface area contributed by atoms with Crippen molar-refractivity contribution < 1.29 is 0 Å².